The number of hydrogen-bond donors (Lipinski definition) is 2. The van der Waals surface area contributed by atoms with Crippen molar-refractivity contribution in [2.75, 3.05) is 32.7 Å². The summed E-state index contributed by atoms with van der Waals surface area (Å²) in [5.74, 6) is -0.765. The van der Waals surface area contributed by atoms with Crippen LogP contribution >= 0.6 is 0 Å². The molecule has 2 amide bonds. The van der Waals surface area contributed by atoms with Gasteiger partial charge in [0.1, 0.15) is 0 Å². The van der Waals surface area contributed by atoms with Gasteiger partial charge in [-0.25, -0.2) is 4.79 Å². The normalized spacial score (nSPS) is 25.8. The third-order valence-corrected chi connectivity index (χ3v) is 4.60. The van der Waals surface area contributed by atoms with E-state index in [-0.39, 0.29) is 12.5 Å². The Morgan fingerprint density at radius 2 is 1.90 bits per heavy atom. The van der Waals surface area contributed by atoms with Crippen LogP contribution in [-0.2, 0) is 4.79 Å². The van der Waals surface area contributed by atoms with Crippen molar-refractivity contribution < 1.29 is 14.7 Å². The number of aliphatic carboxylic acids is 1. The van der Waals surface area contributed by atoms with E-state index in [2.05, 4.69) is 24.1 Å². The zero-order valence-electron chi connectivity index (χ0n) is 13.1. The molecule has 2 rings (SSSR count). The summed E-state index contributed by atoms with van der Waals surface area (Å²) < 4.78 is 0. The molecule has 6 heteroatoms. The third-order valence-electron chi connectivity index (χ3n) is 4.60. The predicted octanol–water partition coefficient (Wildman–Crippen LogP) is 1.37. The largest absolute Gasteiger partial charge is 0.481 e. The van der Waals surface area contributed by atoms with Crippen molar-refractivity contribution in [2.24, 2.45) is 5.41 Å². The van der Waals surface area contributed by atoms with Crippen LogP contribution < -0.4 is 5.32 Å². The zero-order chi connectivity index (χ0) is 15.5. The fourth-order valence-corrected chi connectivity index (χ4v) is 3.25. The van der Waals surface area contributed by atoms with Crippen molar-refractivity contribution in [2.45, 2.75) is 45.6 Å². The molecule has 1 saturated heterocycles. The summed E-state index contributed by atoms with van der Waals surface area (Å²) >= 11 is 0. The van der Waals surface area contributed by atoms with Crippen LogP contribution in [0.5, 0.6) is 0 Å². The van der Waals surface area contributed by atoms with Gasteiger partial charge in [0.05, 0.1) is 6.42 Å². The molecule has 0 aromatic rings. The van der Waals surface area contributed by atoms with Crippen molar-refractivity contribution in [1.82, 2.24) is 15.1 Å². The molecule has 1 aliphatic heterocycles. The van der Waals surface area contributed by atoms with Crippen LogP contribution in [0.15, 0.2) is 0 Å². The molecule has 0 aromatic heterocycles. The van der Waals surface area contributed by atoms with Crippen LogP contribution in [0.2, 0.25) is 0 Å². The van der Waals surface area contributed by atoms with Gasteiger partial charge < -0.3 is 15.3 Å². The second-order valence-electron chi connectivity index (χ2n) is 7.03. The molecule has 1 saturated carbocycles. The smallest absolute Gasteiger partial charge is 0.317 e. The highest BCUT2D eigenvalue weighted by molar-refractivity contribution is 5.74. The van der Waals surface area contributed by atoms with Crippen molar-refractivity contribution in [3.05, 3.63) is 0 Å². The van der Waals surface area contributed by atoms with E-state index < -0.39 is 5.97 Å². The van der Waals surface area contributed by atoms with Gasteiger partial charge in [-0.05, 0) is 24.7 Å². The Balaban J connectivity index is 1.70. The maximum atomic E-state index is 12.2. The standard InChI is InChI=1S/C15H27N3O3/c1-15(2)5-3-12(11-15)16-14(21)18-9-7-17(8-10-18)6-4-13(19)20/h12H,3-11H2,1-2H3,(H,16,21)(H,19,20). The molecule has 2 N–H and O–H groups in total. The fourth-order valence-electron chi connectivity index (χ4n) is 3.25. The van der Waals surface area contributed by atoms with E-state index in [9.17, 15) is 9.59 Å². The first-order valence-electron chi connectivity index (χ1n) is 7.85. The van der Waals surface area contributed by atoms with E-state index in [0.29, 0.717) is 31.1 Å². The lowest BCUT2D eigenvalue weighted by molar-refractivity contribution is -0.137. The van der Waals surface area contributed by atoms with Gasteiger partial charge >= 0.3 is 12.0 Å². The molecule has 1 atom stereocenters. The number of amides is 2. The number of carboxylic acid groups (broad SMARTS) is 1. The van der Waals surface area contributed by atoms with Gasteiger partial charge in [-0.2, -0.15) is 0 Å². The maximum Gasteiger partial charge on any atom is 0.317 e. The van der Waals surface area contributed by atoms with Crippen molar-refractivity contribution in [1.29, 1.82) is 0 Å². The van der Waals surface area contributed by atoms with Crippen LogP contribution in [-0.4, -0.2) is 65.7 Å². The summed E-state index contributed by atoms with van der Waals surface area (Å²) in [6.07, 6.45) is 3.46. The number of nitrogens with one attached hydrogen (secondary N) is 1. The SMILES string of the molecule is CC1(C)CCC(NC(=O)N2CCN(CCC(=O)O)CC2)C1. The van der Waals surface area contributed by atoms with E-state index in [1.165, 1.54) is 6.42 Å². The third kappa shape index (κ3) is 4.88. The van der Waals surface area contributed by atoms with Crippen molar-refractivity contribution in [3.63, 3.8) is 0 Å². The highest BCUT2D eigenvalue weighted by atomic mass is 16.4. The minimum absolute atomic E-state index is 0.0376. The lowest BCUT2D eigenvalue weighted by atomic mass is 9.92. The number of urea groups is 1. The van der Waals surface area contributed by atoms with E-state index in [1.807, 2.05) is 4.90 Å². The van der Waals surface area contributed by atoms with E-state index in [0.717, 1.165) is 25.9 Å². The molecule has 2 aliphatic rings. The lowest BCUT2D eigenvalue weighted by Gasteiger charge is -2.35. The number of carboxylic acids is 1. The molecule has 0 radical (unpaired) electrons. The number of carbonyl (C=O) groups excluding carboxylic acids is 1. The number of nitrogens with zero attached hydrogens (tertiary/aromatic N) is 2. The summed E-state index contributed by atoms with van der Waals surface area (Å²) in [7, 11) is 0. The Hall–Kier alpha value is -1.30. The number of hydrogen-bond acceptors (Lipinski definition) is 3. The molecule has 1 unspecified atom stereocenters. The Labute approximate surface area is 126 Å². The summed E-state index contributed by atoms with van der Waals surface area (Å²) in [6, 6.07) is 0.341. The van der Waals surface area contributed by atoms with Crippen LogP contribution in [0.25, 0.3) is 0 Å². The van der Waals surface area contributed by atoms with Crippen LogP contribution in [0.4, 0.5) is 4.79 Å². The van der Waals surface area contributed by atoms with E-state index >= 15 is 0 Å². The fraction of sp³-hybridized carbons (Fsp3) is 0.867. The van der Waals surface area contributed by atoms with Gasteiger partial charge in [0, 0.05) is 38.8 Å². The number of piperazine rings is 1. The van der Waals surface area contributed by atoms with Crippen molar-refractivity contribution in [3.8, 4) is 0 Å². The van der Waals surface area contributed by atoms with Crippen LogP contribution in [0.1, 0.15) is 39.5 Å². The molecular formula is C15H27N3O3. The summed E-state index contributed by atoms with van der Waals surface area (Å²) in [5.41, 5.74) is 0.341. The Morgan fingerprint density at radius 3 is 2.43 bits per heavy atom. The average Bonchev–Trinajstić information content (AvgIpc) is 2.76. The topological polar surface area (TPSA) is 72.9 Å². The Morgan fingerprint density at radius 1 is 1.24 bits per heavy atom. The average molecular weight is 297 g/mol. The van der Waals surface area contributed by atoms with E-state index in [1.54, 1.807) is 0 Å². The highest BCUT2D eigenvalue weighted by Gasteiger charge is 2.32. The summed E-state index contributed by atoms with van der Waals surface area (Å²) in [5, 5.41) is 11.8. The molecule has 0 spiro atoms. The second kappa shape index (κ2) is 6.64. The predicted molar refractivity (Wildman–Crippen MR) is 80.2 cm³/mol. The Bertz CT molecular complexity index is 390. The second-order valence-corrected chi connectivity index (χ2v) is 7.03. The lowest BCUT2D eigenvalue weighted by Crippen LogP contribution is -2.53. The Kier molecular flexibility index (Phi) is 5.08. The van der Waals surface area contributed by atoms with Crippen LogP contribution in [0, 0.1) is 5.41 Å². The molecule has 1 heterocycles. The highest BCUT2D eigenvalue weighted by Crippen LogP contribution is 2.36. The van der Waals surface area contributed by atoms with Crippen LogP contribution in [0.3, 0.4) is 0 Å². The minimum atomic E-state index is -0.765. The van der Waals surface area contributed by atoms with Gasteiger partial charge in [-0.1, -0.05) is 13.8 Å². The number of rotatable bonds is 4. The quantitative estimate of drug-likeness (QED) is 0.822. The minimum Gasteiger partial charge on any atom is -0.481 e. The summed E-state index contributed by atoms with van der Waals surface area (Å²) in [6.45, 7) is 7.96. The number of carbonyl (C=O) groups is 2. The molecule has 21 heavy (non-hydrogen) atoms. The van der Waals surface area contributed by atoms with Crippen molar-refractivity contribution >= 4 is 12.0 Å². The summed E-state index contributed by atoms with van der Waals surface area (Å²) in [4.78, 5) is 26.8. The van der Waals surface area contributed by atoms with Gasteiger partial charge in [0.25, 0.3) is 0 Å². The van der Waals surface area contributed by atoms with Gasteiger partial charge in [-0.15, -0.1) is 0 Å². The van der Waals surface area contributed by atoms with Gasteiger partial charge in [-0.3, -0.25) is 9.69 Å². The molecular weight excluding hydrogens is 270 g/mol. The molecule has 120 valence electrons. The van der Waals surface area contributed by atoms with Gasteiger partial charge in [0.2, 0.25) is 0 Å². The molecule has 1 aliphatic carbocycles. The van der Waals surface area contributed by atoms with Gasteiger partial charge in [0.15, 0.2) is 0 Å². The first-order chi connectivity index (χ1) is 9.85. The first kappa shape index (κ1) is 16.1. The zero-order valence-corrected chi connectivity index (χ0v) is 13.1. The molecule has 0 aromatic carbocycles. The van der Waals surface area contributed by atoms with E-state index in [4.69, 9.17) is 5.11 Å². The molecule has 0 bridgehead atoms. The molecule has 2 fully saturated rings. The first-order valence-corrected chi connectivity index (χ1v) is 7.85. The maximum absolute atomic E-state index is 12.2. The molecule has 6 nitrogen and oxygen atoms in total. The monoisotopic (exact) mass is 297 g/mol.